The van der Waals surface area contributed by atoms with Gasteiger partial charge in [-0.15, -0.1) is 0 Å². The largest absolute Gasteiger partial charge is 0.392 e. The lowest BCUT2D eigenvalue weighted by molar-refractivity contribution is 0.342. The Morgan fingerprint density at radius 3 is 2.62 bits per heavy atom. The van der Waals surface area contributed by atoms with E-state index in [-0.39, 0.29) is 6.61 Å². The predicted octanol–water partition coefficient (Wildman–Crippen LogP) is 1.15. The fourth-order valence-electron chi connectivity index (χ4n) is 1.28. The third-order valence-corrected chi connectivity index (χ3v) is 2.51. The van der Waals surface area contributed by atoms with Gasteiger partial charge >= 0.3 is 0 Å². The van der Waals surface area contributed by atoms with Crippen LogP contribution < -0.4 is 4.72 Å². The van der Waals surface area contributed by atoms with Crippen LogP contribution in [0.5, 0.6) is 0 Å². The molecule has 0 bridgehead atoms. The van der Waals surface area contributed by atoms with Gasteiger partial charge in [-0.1, -0.05) is 30.4 Å². The first-order chi connectivity index (χ1) is 7.53. The Kier molecular flexibility index (Phi) is 4.52. The molecule has 5 heteroatoms. The van der Waals surface area contributed by atoms with Crippen molar-refractivity contribution in [3.63, 3.8) is 0 Å². The van der Waals surface area contributed by atoms with E-state index in [0.717, 1.165) is 11.8 Å². The summed E-state index contributed by atoms with van der Waals surface area (Å²) in [5.74, 6) is 0. The Morgan fingerprint density at radius 1 is 1.31 bits per heavy atom. The highest BCUT2D eigenvalue weighted by atomic mass is 32.2. The molecule has 0 aliphatic rings. The lowest BCUT2D eigenvalue weighted by atomic mass is 10.1. The van der Waals surface area contributed by atoms with Crippen LogP contribution in [-0.4, -0.2) is 26.4 Å². The Morgan fingerprint density at radius 2 is 2.00 bits per heavy atom. The molecule has 0 aliphatic carbocycles. The second-order valence-corrected chi connectivity index (χ2v) is 5.14. The van der Waals surface area contributed by atoms with Crippen LogP contribution in [0.2, 0.25) is 0 Å². The number of benzene rings is 1. The lowest BCUT2D eigenvalue weighted by Gasteiger charge is -2.08. The van der Waals surface area contributed by atoms with E-state index in [1.807, 2.05) is 12.1 Å². The van der Waals surface area contributed by atoms with Gasteiger partial charge in [0.1, 0.15) is 0 Å². The van der Waals surface area contributed by atoms with E-state index in [0.29, 0.717) is 12.1 Å². The van der Waals surface area contributed by atoms with E-state index in [1.54, 1.807) is 24.3 Å². The Hall–Kier alpha value is -1.33. The molecule has 4 nitrogen and oxygen atoms in total. The Labute approximate surface area is 95.7 Å². The summed E-state index contributed by atoms with van der Waals surface area (Å²) in [5.41, 5.74) is 1.45. The van der Waals surface area contributed by atoms with Gasteiger partial charge in [0.15, 0.2) is 0 Å². The molecule has 0 atom stereocenters. The van der Waals surface area contributed by atoms with Crippen molar-refractivity contribution < 1.29 is 13.5 Å². The van der Waals surface area contributed by atoms with Gasteiger partial charge in [-0.05, 0) is 18.1 Å². The molecule has 0 unspecified atom stereocenters. The second kappa shape index (κ2) is 5.67. The third-order valence-electron chi connectivity index (χ3n) is 1.92. The molecule has 1 aromatic carbocycles. The molecule has 0 aliphatic heterocycles. The first-order valence-electron chi connectivity index (χ1n) is 4.84. The number of nitrogens with one attached hydrogen (secondary N) is 1. The van der Waals surface area contributed by atoms with Gasteiger partial charge < -0.3 is 5.11 Å². The highest BCUT2D eigenvalue weighted by Gasteiger charge is 2.05. The summed E-state index contributed by atoms with van der Waals surface area (Å²) in [7, 11) is -3.25. The molecule has 0 radical (unpaired) electrons. The van der Waals surface area contributed by atoms with Crippen LogP contribution in [0.4, 0.5) is 5.69 Å². The van der Waals surface area contributed by atoms with E-state index in [1.165, 1.54) is 0 Å². The molecule has 0 saturated heterocycles. The van der Waals surface area contributed by atoms with Crippen LogP contribution in [-0.2, 0) is 16.4 Å². The van der Waals surface area contributed by atoms with Crippen LogP contribution in [0.15, 0.2) is 36.4 Å². The number of rotatable bonds is 5. The van der Waals surface area contributed by atoms with Gasteiger partial charge in [-0.3, -0.25) is 4.72 Å². The molecular weight excluding hydrogens is 226 g/mol. The molecule has 88 valence electrons. The van der Waals surface area contributed by atoms with Crippen molar-refractivity contribution in [3.05, 3.63) is 42.0 Å². The van der Waals surface area contributed by atoms with Crippen molar-refractivity contribution in [1.82, 2.24) is 0 Å². The maximum Gasteiger partial charge on any atom is 0.229 e. The highest BCUT2D eigenvalue weighted by Crippen LogP contribution is 2.16. The summed E-state index contributed by atoms with van der Waals surface area (Å²) in [6.45, 7) is -0.0122. The average molecular weight is 241 g/mol. The molecule has 1 rings (SSSR count). The minimum atomic E-state index is -3.25. The Balaban J connectivity index is 2.87. The number of anilines is 1. The first kappa shape index (κ1) is 12.7. The van der Waals surface area contributed by atoms with Crippen molar-refractivity contribution in [2.24, 2.45) is 0 Å². The van der Waals surface area contributed by atoms with E-state index >= 15 is 0 Å². The van der Waals surface area contributed by atoms with E-state index < -0.39 is 10.0 Å². The van der Waals surface area contributed by atoms with Gasteiger partial charge in [0.05, 0.1) is 18.6 Å². The quantitative estimate of drug-likeness (QED) is 0.760. The third kappa shape index (κ3) is 4.46. The Bertz CT molecular complexity index is 466. The second-order valence-electron chi connectivity index (χ2n) is 3.39. The number of aliphatic hydroxyl groups is 1. The fourth-order valence-corrected chi connectivity index (χ4v) is 1.88. The van der Waals surface area contributed by atoms with Crippen molar-refractivity contribution in [3.8, 4) is 0 Å². The van der Waals surface area contributed by atoms with Crippen molar-refractivity contribution in [2.75, 3.05) is 17.6 Å². The normalized spacial score (nSPS) is 11.9. The molecule has 0 fully saturated rings. The number of sulfonamides is 1. The monoisotopic (exact) mass is 241 g/mol. The lowest BCUT2D eigenvalue weighted by Crippen LogP contribution is -2.11. The molecule has 1 aromatic rings. The minimum absolute atomic E-state index is 0.0122. The van der Waals surface area contributed by atoms with Gasteiger partial charge in [0.2, 0.25) is 10.0 Å². The van der Waals surface area contributed by atoms with Crippen LogP contribution in [0.3, 0.4) is 0 Å². The molecule has 0 aromatic heterocycles. The topological polar surface area (TPSA) is 66.4 Å². The standard InChI is InChI=1S/C11H15NO3S/c1-16(14,15)12-11-8-3-2-6-10(11)7-4-5-9-13/h2-6,8,12-13H,7,9H2,1H3/b5-4+. The number of hydrogen-bond donors (Lipinski definition) is 2. The fraction of sp³-hybridized carbons (Fsp3) is 0.273. The zero-order chi connectivity index (χ0) is 12.0. The summed E-state index contributed by atoms with van der Waals surface area (Å²) in [5, 5.41) is 8.60. The maximum absolute atomic E-state index is 11.1. The molecule has 0 saturated carbocycles. The SMILES string of the molecule is CS(=O)(=O)Nc1ccccc1C/C=C/CO. The van der Waals surface area contributed by atoms with Crippen LogP contribution >= 0.6 is 0 Å². The molecule has 16 heavy (non-hydrogen) atoms. The molecular formula is C11H15NO3S. The van der Waals surface area contributed by atoms with Crippen LogP contribution in [0.1, 0.15) is 5.56 Å². The van der Waals surface area contributed by atoms with E-state index in [2.05, 4.69) is 4.72 Å². The zero-order valence-electron chi connectivity index (χ0n) is 9.05. The van der Waals surface area contributed by atoms with Crippen LogP contribution in [0.25, 0.3) is 0 Å². The molecule has 0 amide bonds. The first-order valence-corrected chi connectivity index (χ1v) is 6.73. The highest BCUT2D eigenvalue weighted by molar-refractivity contribution is 7.92. The van der Waals surface area contributed by atoms with Crippen LogP contribution in [0, 0.1) is 0 Å². The molecule has 2 N–H and O–H groups in total. The van der Waals surface area contributed by atoms with E-state index in [9.17, 15) is 8.42 Å². The van der Waals surface area contributed by atoms with Gasteiger partial charge in [-0.25, -0.2) is 8.42 Å². The number of aliphatic hydroxyl groups excluding tert-OH is 1. The van der Waals surface area contributed by atoms with Crippen molar-refractivity contribution in [1.29, 1.82) is 0 Å². The number of allylic oxidation sites excluding steroid dienone is 1. The van der Waals surface area contributed by atoms with Crippen molar-refractivity contribution >= 4 is 15.7 Å². The summed E-state index contributed by atoms with van der Waals surface area (Å²) in [4.78, 5) is 0. The summed E-state index contributed by atoms with van der Waals surface area (Å²) in [6.07, 6.45) is 5.12. The van der Waals surface area contributed by atoms with Gasteiger partial charge in [0.25, 0.3) is 0 Å². The van der Waals surface area contributed by atoms with Gasteiger partial charge in [0, 0.05) is 0 Å². The smallest absolute Gasteiger partial charge is 0.229 e. The molecule has 0 spiro atoms. The number of hydrogen-bond acceptors (Lipinski definition) is 3. The van der Waals surface area contributed by atoms with E-state index in [4.69, 9.17) is 5.11 Å². The van der Waals surface area contributed by atoms with Gasteiger partial charge in [-0.2, -0.15) is 0 Å². The summed E-state index contributed by atoms with van der Waals surface area (Å²) in [6, 6.07) is 7.17. The minimum Gasteiger partial charge on any atom is -0.392 e. The predicted molar refractivity (Wildman–Crippen MR) is 64.8 cm³/mol. The maximum atomic E-state index is 11.1. The number of para-hydroxylation sites is 1. The molecule has 0 heterocycles. The summed E-state index contributed by atoms with van der Waals surface area (Å²) >= 11 is 0. The average Bonchev–Trinajstić information content (AvgIpc) is 2.19. The summed E-state index contributed by atoms with van der Waals surface area (Å²) < 4.78 is 24.7. The van der Waals surface area contributed by atoms with Crippen molar-refractivity contribution in [2.45, 2.75) is 6.42 Å². The zero-order valence-corrected chi connectivity index (χ0v) is 9.87.